The van der Waals surface area contributed by atoms with Crippen LogP contribution in [-0.4, -0.2) is 37.2 Å². The summed E-state index contributed by atoms with van der Waals surface area (Å²) in [5.41, 5.74) is 7.20. The minimum absolute atomic E-state index is 0.366. The molecule has 6 heteroatoms. The maximum absolute atomic E-state index is 11.2. The van der Waals surface area contributed by atoms with Gasteiger partial charge in [-0.15, -0.1) is 11.3 Å². The van der Waals surface area contributed by atoms with Crippen molar-refractivity contribution in [2.75, 3.05) is 31.2 Å². The molecule has 1 fully saturated rings. The summed E-state index contributed by atoms with van der Waals surface area (Å²) in [5, 5.41) is 0.366. The number of hydrogen-bond donors (Lipinski definition) is 1. The van der Waals surface area contributed by atoms with Gasteiger partial charge in [0.2, 0.25) is 0 Å². The molecule has 5 nitrogen and oxygen atoms in total. The largest absolute Gasteiger partial charge is 0.378 e. The normalized spacial score (nSPS) is 16.1. The summed E-state index contributed by atoms with van der Waals surface area (Å²) in [6, 6.07) is 5.97. The number of fused-ring (bicyclic) bond motifs is 1. The van der Waals surface area contributed by atoms with E-state index >= 15 is 0 Å². The fourth-order valence-corrected chi connectivity index (χ4v) is 2.94. The smallest absolute Gasteiger partial charge is 0.277 e. The molecule has 2 heterocycles. The van der Waals surface area contributed by atoms with Gasteiger partial charge in [-0.1, -0.05) is 6.07 Å². The van der Waals surface area contributed by atoms with Gasteiger partial charge in [0.25, 0.3) is 5.91 Å². The van der Waals surface area contributed by atoms with Crippen LogP contribution < -0.4 is 10.6 Å². The number of aromatic nitrogens is 1. The number of thiazole rings is 1. The van der Waals surface area contributed by atoms with Gasteiger partial charge in [-0.25, -0.2) is 4.98 Å². The summed E-state index contributed by atoms with van der Waals surface area (Å²) in [4.78, 5) is 17.8. The highest BCUT2D eigenvalue weighted by Gasteiger charge is 2.17. The first kappa shape index (κ1) is 11.4. The highest BCUT2D eigenvalue weighted by Crippen LogP contribution is 2.30. The van der Waals surface area contributed by atoms with Crippen LogP contribution in [0.15, 0.2) is 18.2 Å². The molecule has 0 spiro atoms. The molecule has 0 radical (unpaired) electrons. The number of amides is 1. The van der Waals surface area contributed by atoms with E-state index < -0.39 is 5.91 Å². The monoisotopic (exact) mass is 263 g/mol. The summed E-state index contributed by atoms with van der Waals surface area (Å²) in [5.74, 6) is -0.468. The van der Waals surface area contributed by atoms with E-state index in [2.05, 4.69) is 9.88 Å². The van der Waals surface area contributed by atoms with Crippen molar-refractivity contribution >= 4 is 33.1 Å². The Kier molecular flexibility index (Phi) is 2.89. The highest BCUT2D eigenvalue weighted by molar-refractivity contribution is 7.20. The van der Waals surface area contributed by atoms with Crippen molar-refractivity contribution < 1.29 is 9.53 Å². The molecular weight excluding hydrogens is 250 g/mol. The molecule has 0 aliphatic carbocycles. The number of benzene rings is 1. The molecule has 94 valence electrons. The number of ether oxygens (including phenoxy) is 1. The Morgan fingerprint density at radius 2 is 2.17 bits per heavy atom. The second kappa shape index (κ2) is 4.55. The SMILES string of the molecule is NC(=O)c1nc2c(N3CCOCC3)cccc2s1. The molecule has 1 amide bonds. The van der Waals surface area contributed by atoms with Gasteiger partial charge in [0.15, 0.2) is 5.01 Å². The molecule has 1 aliphatic heterocycles. The van der Waals surface area contributed by atoms with Crippen LogP contribution in [0, 0.1) is 0 Å². The lowest BCUT2D eigenvalue weighted by atomic mass is 10.2. The summed E-state index contributed by atoms with van der Waals surface area (Å²) >= 11 is 1.34. The second-order valence-corrected chi connectivity index (χ2v) is 5.14. The number of para-hydroxylation sites is 1. The van der Waals surface area contributed by atoms with E-state index in [0.717, 1.165) is 42.2 Å². The van der Waals surface area contributed by atoms with Gasteiger partial charge in [-0.2, -0.15) is 0 Å². The molecule has 0 saturated carbocycles. The number of primary amides is 1. The van der Waals surface area contributed by atoms with E-state index in [1.807, 2.05) is 18.2 Å². The number of anilines is 1. The quantitative estimate of drug-likeness (QED) is 0.885. The summed E-state index contributed by atoms with van der Waals surface area (Å²) in [6.07, 6.45) is 0. The van der Waals surface area contributed by atoms with Crippen molar-refractivity contribution in [3.63, 3.8) is 0 Å². The number of hydrogen-bond acceptors (Lipinski definition) is 5. The van der Waals surface area contributed by atoms with Crippen LogP contribution in [0.25, 0.3) is 10.2 Å². The van der Waals surface area contributed by atoms with Gasteiger partial charge >= 0.3 is 0 Å². The minimum atomic E-state index is -0.468. The Morgan fingerprint density at radius 1 is 1.39 bits per heavy atom. The standard InChI is InChI=1S/C12H13N3O2S/c13-11(16)12-14-10-8(2-1-3-9(10)18-12)15-4-6-17-7-5-15/h1-3H,4-7H2,(H2,13,16). The van der Waals surface area contributed by atoms with E-state index in [9.17, 15) is 4.79 Å². The van der Waals surface area contributed by atoms with Gasteiger partial charge in [0, 0.05) is 13.1 Å². The summed E-state index contributed by atoms with van der Waals surface area (Å²) in [7, 11) is 0. The molecule has 1 aromatic carbocycles. The predicted molar refractivity (Wildman–Crippen MR) is 71.2 cm³/mol. The van der Waals surface area contributed by atoms with Crippen molar-refractivity contribution in [1.29, 1.82) is 0 Å². The van der Waals surface area contributed by atoms with Crippen LogP contribution in [0.4, 0.5) is 5.69 Å². The number of rotatable bonds is 2. The van der Waals surface area contributed by atoms with Gasteiger partial charge in [0.1, 0.15) is 5.52 Å². The van der Waals surface area contributed by atoms with Gasteiger partial charge in [0.05, 0.1) is 23.6 Å². The Labute approximate surface area is 108 Å². The Morgan fingerprint density at radius 3 is 2.89 bits per heavy atom. The molecule has 2 N–H and O–H groups in total. The van der Waals surface area contributed by atoms with E-state index in [1.165, 1.54) is 11.3 Å². The fourth-order valence-electron chi connectivity index (χ4n) is 2.10. The first-order valence-corrected chi connectivity index (χ1v) is 6.59. The molecule has 0 atom stereocenters. The van der Waals surface area contributed by atoms with Crippen molar-refractivity contribution in [1.82, 2.24) is 4.98 Å². The lowest BCUT2D eigenvalue weighted by Gasteiger charge is -2.28. The molecule has 2 aromatic rings. The van der Waals surface area contributed by atoms with Gasteiger partial charge in [-0.3, -0.25) is 4.79 Å². The summed E-state index contributed by atoms with van der Waals surface area (Å²) in [6.45, 7) is 3.15. The zero-order valence-corrected chi connectivity index (χ0v) is 10.6. The molecule has 1 saturated heterocycles. The first-order valence-electron chi connectivity index (χ1n) is 5.78. The molecule has 1 aromatic heterocycles. The lowest BCUT2D eigenvalue weighted by Crippen LogP contribution is -2.36. The first-order chi connectivity index (χ1) is 8.75. The molecule has 18 heavy (non-hydrogen) atoms. The van der Waals surface area contributed by atoms with Crippen LogP contribution in [0.3, 0.4) is 0 Å². The van der Waals surface area contributed by atoms with Crippen molar-refractivity contribution in [3.8, 4) is 0 Å². The van der Waals surface area contributed by atoms with Crippen molar-refractivity contribution in [2.24, 2.45) is 5.73 Å². The van der Waals surface area contributed by atoms with Crippen LogP contribution in [-0.2, 0) is 4.74 Å². The average Bonchev–Trinajstić information content (AvgIpc) is 2.83. The number of carbonyl (C=O) groups is 1. The van der Waals surface area contributed by atoms with E-state index in [-0.39, 0.29) is 0 Å². The third-order valence-electron chi connectivity index (χ3n) is 2.96. The molecule has 3 rings (SSSR count). The molecule has 0 bridgehead atoms. The zero-order valence-electron chi connectivity index (χ0n) is 9.76. The number of morpholine rings is 1. The molecule has 0 unspecified atom stereocenters. The predicted octanol–water partition coefficient (Wildman–Crippen LogP) is 1.23. The van der Waals surface area contributed by atoms with Crippen LogP contribution in [0.1, 0.15) is 9.80 Å². The number of nitrogens with two attached hydrogens (primary N) is 1. The molecule has 1 aliphatic rings. The Balaban J connectivity index is 2.07. The maximum Gasteiger partial charge on any atom is 0.277 e. The second-order valence-electron chi connectivity index (χ2n) is 4.11. The fraction of sp³-hybridized carbons (Fsp3) is 0.333. The lowest BCUT2D eigenvalue weighted by molar-refractivity contribution is 0.1000. The Bertz CT molecular complexity index is 590. The van der Waals surface area contributed by atoms with Crippen molar-refractivity contribution in [3.05, 3.63) is 23.2 Å². The highest BCUT2D eigenvalue weighted by atomic mass is 32.1. The number of nitrogens with zero attached hydrogens (tertiary/aromatic N) is 2. The van der Waals surface area contributed by atoms with Crippen molar-refractivity contribution in [2.45, 2.75) is 0 Å². The van der Waals surface area contributed by atoms with Crippen LogP contribution >= 0.6 is 11.3 Å². The van der Waals surface area contributed by atoms with Gasteiger partial charge in [-0.05, 0) is 12.1 Å². The minimum Gasteiger partial charge on any atom is -0.378 e. The van der Waals surface area contributed by atoms with E-state index in [4.69, 9.17) is 10.5 Å². The zero-order chi connectivity index (χ0) is 12.5. The third kappa shape index (κ3) is 1.93. The molecular formula is C12H13N3O2S. The Hall–Kier alpha value is -1.66. The third-order valence-corrected chi connectivity index (χ3v) is 4.00. The summed E-state index contributed by atoms with van der Waals surface area (Å²) < 4.78 is 6.34. The topological polar surface area (TPSA) is 68.5 Å². The van der Waals surface area contributed by atoms with Crippen LogP contribution in [0.5, 0.6) is 0 Å². The average molecular weight is 263 g/mol. The number of carbonyl (C=O) groups excluding carboxylic acids is 1. The van der Waals surface area contributed by atoms with E-state index in [1.54, 1.807) is 0 Å². The van der Waals surface area contributed by atoms with E-state index in [0.29, 0.717) is 5.01 Å². The van der Waals surface area contributed by atoms with Crippen LogP contribution in [0.2, 0.25) is 0 Å². The van der Waals surface area contributed by atoms with Gasteiger partial charge < -0.3 is 15.4 Å². The maximum atomic E-state index is 11.2.